The molecule has 8 heteroatoms. The molecule has 0 aliphatic heterocycles. The summed E-state index contributed by atoms with van der Waals surface area (Å²) in [5.41, 5.74) is 8.00. The number of furan rings is 1. The summed E-state index contributed by atoms with van der Waals surface area (Å²) in [6.45, 7) is 18.2. The maximum absolute atomic E-state index is 13.9. The molecule has 1 aromatic rings. The molecule has 0 spiro atoms. The minimum atomic E-state index is -0.756. The van der Waals surface area contributed by atoms with E-state index in [1.807, 2.05) is 26.8 Å². The van der Waals surface area contributed by atoms with Gasteiger partial charge in [-0.25, -0.2) is 0 Å². The Labute approximate surface area is 318 Å². The van der Waals surface area contributed by atoms with Crippen LogP contribution in [-0.2, 0) is 14.4 Å². The minimum absolute atomic E-state index is 0.0464. The molecule has 294 valence electrons. The second-order valence-electron chi connectivity index (χ2n) is 19.2. The van der Waals surface area contributed by atoms with E-state index in [1.165, 1.54) is 38.3 Å². The Bertz CT molecular complexity index is 1640. The van der Waals surface area contributed by atoms with Crippen molar-refractivity contribution in [2.75, 3.05) is 13.6 Å². The molecular weight excluding hydrogens is 665 g/mol. The lowest BCUT2D eigenvalue weighted by Crippen LogP contribution is -2.60. The molecule has 0 saturated heterocycles. The van der Waals surface area contributed by atoms with Gasteiger partial charge in [0.25, 0.3) is 5.91 Å². The number of carbonyl (C=O) groups is 4. The van der Waals surface area contributed by atoms with Crippen LogP contribution in [0.4, 0.5) is 0 Å². The summed E-state index contributed by atoms with van der Waals surface area (Å²) in [6, 6.07) is 1.81. The van der Waals surface area contributed by atoms with Crippen LogP contribution in [-0.4, -0.2) is 42.1 Å². The van der Waals surface area contributed by atoms with Crippen molar-refractivity contribution in [1.82, 2.24) is 5.32 Å². The maximum Gasteiger partial charge on any atom is 0.306 e. The van der Waals surface area contributed by atoms with Gasteiger partial charge in [0.1, 0.15) is 17.3 Å². The Morgan fingerprint density at radius 1 is 0.943 bits per heavy atom. The summed E-state index contributed by atoms with van der Waals surface area (Å²) < 4.78 is 5.62. The first-order valence-corrected chi connectivity index (χ1v) is 21.0. The number of nitrogens with one attached hydrogen (secondary N) is 1. The summed E-state index contributed by atoms with van der Waals surface area (Å²) >= 11 is 0. The number of allylic oxidation sites excluding steroid dienone is 2. The van der Waals surface area contributed by atoms with Crippen molar-refractivity contribution in [3.05, 3.63) is 34.3 Å². The van der Waals surface area contributed by atoms with Crippen molar-refractivity contribution >= 4 is 23.4 Å². The van der Waals surface area contributed by atoms with Crippen molar-refractivity contribution in [2.24, 2.45) is 81.2 Å². The Balaban J connectivity index is 0.00000236. The molecule has 12 atom stereocenters. The number of carbonyl (C=O) groups excluding carboxylic acids is 3. The van der Waals surface area contributed by atoms with E-state index < -0.39 is 5.97 Å². The van der Waals surface area contributed by atoms with E-state index in [9.17, 15) is 24.3 Å². The largest absolute Gasteiger partial charge is 0.481 e. The fraction of sp³-hybridized carbons (Fsp3) is 0.778. The van der Waals surface area contributed by atoms with E-state index in [2.05, 4.69) is 45.7 Å². The Kier molecular flexibility index (Phi) is 11.1. The molecule has 8 nitrogen and oxygen atoms in total. The van der Waals surface area contributed by atoms with E-state index in [1.54, 1.807) is 0 Å². The molecule has 7 rings (SSSR count). The number of hydrogen-bond donors (Lipinski definition) is 3. The first-order chi connectivity index (χ1) is 25.0. The predicted molar refractivity (Wildman–Crippen MR) is 207 cm³/mol. The fourth-order valence-electron chi connectivity index (χ4n) is 14.0. The summed E-state index contributed by atoms with van der Waals surface area (Å²) in [5.74, 6) is 4.03. The molecule has 1 aromatic heterocycles. The molecule has 5 saturated carbocycles. The zero-order valence-electron chi connectivity index (χ0n) is 34.1. The lowest BCUT2D eigenvalue weighted by atomic mass is 9.37. The van der Waals surface area contributed by atoms with Crippen LogP contribution in [0.25, 0.3) is 0 Å². The van der Waals surface area contributed by atoms with E-state index in [4.69, 9.17) is 4.42 Å². The Morgan fingerprint density at radius 2 is 1.60 bits per heavy atom. The molecule has 53 heavy (non-hydrogen) atoms. The number of carboxylic acids is 1. The molecule has 5 fully saturated rings. The molecule has 1 amide bonds. The van der Waals surface area contributed by atoms with Gasteiger partial charge in [-0.15, -0.1) is 0 Å². The van der Waals surface area contributed by atoms with E-state index in [0.717, 1.165) is 43.4 Å². The third-order valence-corrected chi connectivity index (χ3v) is 16.7. The first-order valence-electron chi connectivity index (χ1n) is 21.0. The molecule has 6 aliphatic rings. The average molecular weight is 733 g/mol. The number of amides is 1. The van der Waals surface area contributed by atoms with Crippen molar-refractivity contribution in [1.29, 1.82) is 0 Å². The lowest BCUT2D eigenvalue weighted by molar-refractivity contribution is -0.172. The van der Waals surface area contributed by atoms with Crippen LogP contribution in [0, 0.1) is 89.3 Å². The topological polar surface area (TPSA) is 140 Å². The van der Waals surface area contributed by atoms with E-state index in [-0.39, 0.29) is 45.8 Å². The molecule has 4 N–H and O–H groups in total. The highest BCUT2D eigenvalue weighted by Gasteiger charge is 2.64. The number of aliphatic carboxylic acids is 1. The number of carboxylic acid groups (broad SMARTS) is 1. The van der Waals surface area contributed by atoms with Crippen LogP contribution in [0.2, 0.25) is 0 Å². The minimum Gasteiger partial charge on any atom is -0.481 e. The van der Waals surface area contributed by atoms with Gasteiger partial charge in [0.05, 0.1) is 11.5 Å². The third kappa shape index (κ3) is 6.48. The first kappa shape index (κ1) is 39.9. The van der Waals surface area contributed by atoms with Crippen LogP contribution in [0.15, 0.2) is 21.6 Å². The van der Waals surface area contributed by atoms with Gasteiger partial charge in [-0.1, -0.05) is 47.1 Å². The normalized spacial score (nSPS) is 40.2. The quantitative estimate of drug-likeness (QED) is 0.231. The number of fused-ring (bicyclic) bond motifs is 7. The average Bonchev–Trinajstić information content (AvgIpc) is 3.60. The summed E-state index contributed by atoms with van der Waals surface area (Å²) in [5, 5.41) is 12.7. The molecule has 0 aromatic carbocycles. The van der Waals surface area contributed by atoms with Gasteiger partial charge in [0.15, 0.2) is 5.78 Å². The number of aryl methyl sites for hydroxylation is 2. The van der Waals surface area contributed by atoms with Crippen molar-refractivity contribution < 1.29 is 28.7 Å². The second kappa shape index (κ2) is 14.7. The van der Waals surface area contributed by atoms with Crippen molar-refractivity contribution in [2.45, 2.75) is 132 Å². The maximum atomic E-state index is 13.9. The van der Waals surface area contributed by atoms with Crippen LogP contribution in [0.1, 0.15) is 140 Å². The molecule has 0 radical (unpaired) electrons. The lowest BCUT2D eigenvalue weighted by Gasteiger charge is -2.67. The number of Topliss-reactive ketones (excluding diaryl/α,β-unsaturated/α-hetero) is 2. The van der Waals surface area contributed by atoms with E-state index >= 15 is 0 Å². The fourth-order valence-corrected chi connectivity index (χ4v) is 14.0. The standard InChI is InChI=1S/C44H63NO6.CH5N/c1-23(2)38-36(47)22-44(17-18-45-40(48)32-19-24(3)51-27(32)6)16-13-34-29(39(38)44)9-10-37-42(7)14-11-28(25(4)33(42)12-15-43(34,37)8)20-35(46)30-21-31(26(30)5)41(49)50;1-2/h19,23,25-26,28-31,33-34,37H,9-18,20-22H2,1-8H3,(H,45,48)(H,49,50);2H2,1H3. The highest BCUT2D eigenvalue weighted by atomic mass is 16.4. The smallest absolute Gasteiger partial charge is 0.306 e. The van der Waals surface area contributed by atoms with Crippen LogP contribution < -0.4 is 11.1 Å². The van der Waals surface area contributed by atoms with Gasteiger partial charge in [-0.3, -0.25) is 19.2 Å². The Morgan fingerprint density at radius 3 is 2.23 bits per heavy atom. The van der Waals surface area contributed by atoms with Crippen molar-refractivity contribution in [3.8, 4) is 0 Å². The van der Waals surface area contributed by atoms with Crippen LogP contribution >= 0.6 is 0 Å². The Hall–Kier alpha value is -2.74. The number of nitrogens with two attached hydrogens (primary N) is 1. The molecule has 12 unspecified atom stereocenters. The van der Waals surface area contributed by atoms with Gasteiger partial charge in [0, 0.05) is 30.7 Å². The van der Waals surface area contributed by atoms with Crippen LogP contribution in [0.3, 0.4) is 0 Å². The highest BCUT2D eigenvalue weighted by molar-refractivity contribution is 6.00. The monoisotopic (exact) mass is 733 g/mol. The summed E-state index contributed by atoms with van der Waals surface area (Å²) in [6.07, 6.45) is 11.7. The van der Waals surface area contributed by atoms with Gasteiger partial charge in [-0.05, 0) is 155 Å². The van der Waals surface area contributed by atoms with Crippen LogP contribution in [0.5, 0.6) is 0 Å². The number of rotatable bonds is 9. The van der Waals surface area contributed by atoms with Crippen molar-refractivity contribution in [3.63, 3.8) is 0 Å². The molecule has 0 bridgehead atoms. The zero-order chi connectivity index (χ0) is 38.8. The number of hydrogen-bond acceptors (Lipinski definition) is 6. The predicted octanol–water partition coefficient (Wildman–Crippen LogP) is 8.72. The summed E-state index contributed by atoms with van der Waals surface area (Å²) in [4.78, 5) is 52.0. The van der Waals surface area contributed by atoms with E-state index in [0.29, 0.717) is 84.2 Å². The molecule has 6 aliphatic carbocycles. The SMILES string of the molecule is CN.Cc1cc(C(=O)NCCC23CCC4C(CCC5C4(C)CCC4C(C)C(CC(=O)C6CC(C(=O)O)C6C)CCC45C)C2=C(C(C)C)C(=O)C3)c(C)o1. The molecular formula is C45H68N2O6. The van der Waals surface area contributed by atoms with Gasteiger partial charge >= 0.3 is 5.97 Å². The second-order valence-corrected chi connectivity index (χ2v) is 19.2. The van der Waals surface area contributed by atoms with Gasteiger partial charge in [0.2, 0.25) is 0 Å². The third-order valence-electron chi connectivity index (χ3n) is 16.7. The molecule has 1 heterocycles. The van der Waals surface area contributed by atoms with Gasteiger partial charge in [-0.2, -0.15) is 0 Å². The summed E-state index contributed by atoms with van der Waals surface area (Å²) in [7, 11) is 1.50. The zero-order valence-corrected chi connectivity index (χ0v) is 34.1. The van der Waals surface area contributed by atoms with Gasteiger partial charge < -0.3 is 20.6 Å². The highest BCUT2D eigenvalue weighted by Crippen LogP contribution is 2.72. The number of ketones is 2.